The molecule has 0 aliphatic carbocycles. The molecule has 4 rings (SSSR count). The number of hydrogen-bond donors (Lipinski definition) is 0. The van der Waals surface area contributed by atoms with Gasteiger partial charge in [-0.25, -0.2) is 4.98 Å². The number of benzene rings is 2. The van der Waals surface area contributed by atoms with Crippen molar-refractivity contribution in [3.8, 4) is 0 Å². The molecule has 0 saturated heterocycles. The first kappa shape index (κ1) is 16.3. The van der Waals surface area contributed by atoms with Crippen molar-refractivity contribution in [3.63, 3.8) is 0 Å². The van der Waals surface area contributed by atoms with Crippen molar-refractivity contribution in [3.05, 3.63) is 89.4 Å². The summed E-state index contributed by atoms with van der Waals surface area (Å²) in [6, 6.07) is 20.9. The number of nitrogens with zero attached hydrogens (tertiary/aromatic N) is 5. The van der Waals surface area contributed by atoms with Gasteiger partial charge in [0.2, 0.25) is 0 Å². The zero-order valence-electron chi connectivity index (χ0n) is 15.0. The van der Waals surface area contributed by atoms with Crippen LogP contribution in [0.3, 0.4) is 0 Å². The maximum Gasteiger partial charge on any atom is 0.254 e. The van der Waals surface area contributed by atoms with Crippen LogP contribution in [0.4, 0.5) is 5.82 Å². The van der Waals surface area contributed by atoms with Gasteiger partial charge >= 0.3 is 0 Å². The van der Waals surface area contributed by atoms with E-state index < -0.39 is 0 Å². The third-order valence-corrected chi connectivity index (χ3v) is 4.55. The number of aryl methyl sites for hydroxylation is 1. The SMILES string of the molecule is Cc1nc2ncnn2c(N(C)Cc2ccccc2)c1Cc1ccccc1. The highest BCUT2D eigenvalue weighted by Crippen LogP contribution is 2.26. The van der Waals surface area contributed by atoms with E-state index in [0.29, 0.717) is 5.78 Å². The first-order valence-corrected chi connectivity index (χ1v) is 8.70. The fourth-order valence-corrected chi connectivity index (χ4v) is 3.30. The first-order chi connectivity index (χ1) is 12.7. The Kier molecular flexibility index (Phi) is 4.35. The van der Waals surface area contributed by atoms with E-state index in [4.69, 9.17) is 0 Å². The van der Waals surface area contributed by atoms with Crippen molar-refractivity contribution < 1.29 is 0 Å². The summed E-state index contributed by atoms with van der Waals surface area (Å²) in [7, 11) is 2.09. The molecular formula is C21H21N5. The van der Waals surface area contributed by atoms with Gasteiger partial charge in [-0.1, -0.05) is 60.7 Å². The van der Waals surface area contributed by atoms with Gasteiger partial charge in [-0.2, -0.15) is 14.6 Å². The molecule has 0 fully saturated rings. The Morgan fingerprint density at radius 1 is 0.923 bits per heavy atom. The molecule has 0 atom stereocenters. The second-order valence-electron chi connectivity index (χ2n) is 6.48. The van der Waals surface area contributed by atoms with Gasteiger partial charge in [0.05, 0.1) is 0 Å². The lowest BCUT2D eigenvalue weighted by atomic mass is 10.0. The predicted molar refractivity (Wildman–Crippen MR) is 103 cm³/mol. The molecule has 2 aromatic carbocycles. The van der Waals surface area contributed by atoms with Gasteiger partial charge in [-0.05, 0) is 18.1 Å². The largest absolute Gasteiger partial charge is 0.355 e. The lowest BCUT2D eigenvalue weighted by molar-refractivity contribution is 0.810. The molecule has 0 radical (unpaired) electrons. The number of aromatic nitrogens is 4. The lowest BCUT2D eigenvalue weighted by Crippen LogP contribution is -2.23. The van der Waals surface area contributed by atoms with Crippen LogP contribution in [0.15, 0.2) is 67.0 Å². The van der Waals surface area contributed by atoms with Crippen LogP contribution < -0.4 is 4.90 Å². The molecular weight excluding hydrogens is 322 g/mol. The van der Waals surface area contributed by atoms with E-state index in [1.54, 1.807) is 6.33 Å². The Balaban J connectivity index is 1.80. The zero-order valence-corrected chi connectivity index (χ0v) is 15.0. The Labute approximate surface area is 153 Å². The van der Waals surface area contributed by atoms with Crippen LogP contribution in [0.2, 0.25) is 0 Å². The van der Waals surface area contributed by atoms with Crippen LogP contribution in [0.25, 0.3) is 5.78 Å². The number of fused-ring (bicyclic) bond motifs is 1. The summed E-state index contributed by atoms with van der Waals surface area (Å²) >= 11 is 0. The number of hydrogen-bond acceptors (Lipinski definition) is 4. The summed E-state index contributed by atoms with van der Waals surface area (Å²) in [5.74, 6) is 1.67. The van der Waals surface area contributed by atoms with Gasteiger partial charge < -0.3 is 4.90 Å². The molecule has 0 unspecified atom stereocenters. The quantitative estimate of drug-likeness (QED) is 0.555. The minimum absolute atomic E-state index is 0.634. The summed E-state index contributed by atoms with van der Waals surface area (Å²) in [5, 5.41) is 4.43. The third-order valence-electron chi connectivity index (χ3n) is 4.55. The van der Waals surface area contributed by atoms with Gasteiger partial charge in [-0.15, -0.1) is 0 Å². The molecule has 26 heavy (non-hydrogen) atoms. The molecule has 0 saturated carbocycles. The fourth-order valence-electron chi connectivity index (χ4n) is 3.30. The summed E-state index contributed by atoms with van der Waals surface area (Å²) in [4.78, 5) is 11.2. The van der Waals surface area contributed by atoms with Crippen molar-refractivity contribution in [1.29, 1.82) is 0 Å². The second kappa shape index (κ2) is 6.96. The second-order valence-corrected chi connectivity index (χ2v) is 6.48. The van der Waals surface area contributed by atoms with E-state index in [9.17, 15) is 0 Å². The molecule has 5 nitrogen and oxygen atoms in total. The molecule has 130 valence electrons. The minimum Gasteiger partial charge on any atom is -0.355 e. The number of rotatable bonds is 5. The predicted octanol–water partition coefficient (Wildman–Crippen LogP) is 3.66. The maximum atomic E-state index is 4.64. The normalized spacial score (nSPS) is 11.0. The Hall–Kier alpha value is -3.21. The topological polar surface area (TPSA) is 46.3 Å². The van der Waals surface area contributed by atoms with E-state index in [2.05, 4.69) is 75.5 Å². The fraction of sp³-hybridized carbons (Fsp3) is 0.190. The molecule has 0 bridgehead atoms. The van der Waals surface area contributed by atoms with E-state index >= 15 is 0 Å². The smallest absolute Gasteiger partial charge is 0.254 e. The molecule has 0 aliphatic heterocycles. The van der Waals surface area contributed by atoms with Crippen LogP contribution in [0.5, 0.6) is 0 Å². The lowest BCUT2D eigenvalue weighted by Gasteiger charge is -2.24. The van der Waals surface area contributed by atoms with Crippen LogP contribution in [-0.4, -0.2) is 26.6 Å². The van der Waals surface area contributed by atoms with Gasteiger partial charge in [0, 0.05) is 31.3 Å². The third kappa shape index (κ3) is 3.16. The zero-order chi connectivity index (χ0) is 17.9. The van der Waals surface area contributed by atoms with E-state index in [1.807, 2.05) is 23.6 Å². The molecule has 0 spiro atoms. The average Bonchev–Trinajstić information content (AvgIpc) is 3.11. The van der Waals surface area contributed by atoms with Crippen LogP contribution in [-0.2, 0) is 13.0 Å². The highest BCUT2D eigenvalue weighted by atomic mass is 15.4. The summed E-state index contributed by atoms with van der Waals surface area (Å²) in [6.45, 7) is 2.84. The van der Waals surface area contributed by atoms with E-state index in [1.165, 1.54) is 16.7 Å². The van der Waals surface area contributed by atoms with Crippen molar-refractivity contribution in [1.82, 2.24) is 19.6 Å². The molecule has 2 heterocycles. The summed E-state index contributed by atoms with van der Waals surface area (Å²) in [6.07, 6.45) is 2.37. The minimum atomic E-state index is 0.634. The maximum absolute atomic E-state index is 4.64. The van der Waals surface area contributed by atoms with Crippen LogP contribution in [0.1, 0.15) is 22.4 Å². The van der Waals surface area contributed by atoms with Crippen molar-refractivity contribution in [2.75, 3.05) is 11.9 Å². The van der Waals surface area contributed by atoms with Crippen molar-refractivity contribution in [2.45, 2.75) is 19.9 Å². The van der Waals surface area contributed by atoms with E-state index in [-0.39, 0.29) is 0 Å². The molecule has 0 aliphatic rings. The Morgan fingerprint density at radius 2 is 1.58 bits per heavy atom. The van der Waals surface area contributed by atoms with E-state index in [0.717, 1.165) is 24.5 Å². The summed E-state index contributed by atoms with van der Waals surface area (Å²) in [5.41, 5.74) is 4.67. The molecule has 2 aromatic heterocycles. The van der Waals surface area contributed by atoms with Gasteiger partial charge in [0.15, 0.2) is 0 Å². The Morgan fingerprint density at radius 3 is 2.27 bits per heavy atom. The highest BCUT2D eigenvalue weighted by Gasteiger charge is 2.18. The van der Waals surface area contributed by atoms with Crippen LogP contribution in [0, 0.1) is 6.92 Å². The van der Waals surface area contributed by atoms with Gasteiger partial charge in [0.1, 0.15) is 12.1 Å². The standard InChI is InChI=1S/C21H21N5/c1-16-19(13-17-9-5-3-6-10-17)20(26-21(24-16)22-15-23-26)25(2)14-18-11-7-4-8-12-18/h3-12,15H,13-14H2,1-2H3. The van der Waals surface area contributed by atoms with Crippen molar-refractivity contribution in [2.24, 2.45) is 0 Å². The van der Waals surface area contributed by atoms with Crippen molar-refractivity contribution >= 4 is 11.6 Å². The molecule has 0 amide bonds. The average molecular weight is 343 g/mol. The highest BCUT2D eigenvalue weighted by molar-refractivity contribution is 5.56. The molecule has 0 N–H and O–H groups in total. The molecule has 5 heteroatoms. The first-order valence-electron chi connectivity index (χ1n) is 8.70. The van der Waals surface area contributed by atoms with Crippen LogP contribution >= 0.6 is 0 Å². The Bertz CT molecular complexity index is 1010. The monoisotopic (exact) mass is 343 g/mol. The van der Waals surface area contributed by atoms with Gasteiger partial charge in [0.25, 0.3) is 5.78 Å². The van der Waals surface area contributed by atoms with Gasteiger partial charge in [-0.3, -0.25) is 0 Å². The molecule has 4 aromatic rings. The number of anilines is 1. The summed E-state index contributed by atoms with van der Waals surface area (Å²) < 4.78 is 1.84.